The summed E-state index contributed by atoms with van der Waals surface area (Å²) in [5.74, 6) is 1.37. The lowest BCUT2D eigenvalue weighted by atomic mass is 9.95. The van der Waals surface area contributed by atoms with Crippen LogP contribution in [0.1, 0.15) is 30.8 Å². The van der Waals surface area contributed by atoms with Gasteiger partial charge >= 0.3 is 0 Å². The Balaban J connectivity index is 1.77. The molecule has 9 heteroatoms. The molecule has 3 aromatic rings. The maximum atomic E-state index is 13.5. The normalized spacial score (nSPS) is 15.2. The van der Waals surface area contributed by atoms with E-state index in [2.05, 4.69) is 20.7 Å². The Morgan fingerprint density at radius 2 is 2.06 bits per heavy atom. The van der Waals surface area contributed by atoms with Gasteiger partial charge in [0.25, 0.3) is 5.91 Å². The van der Waals surface area contributed by atoms with Crippen molar-refractivity contribution in [3.63, 3.8) is 0 Å². The summed E-state index contributed by atoms with van der Waals surface area (Å²) in [5.41, 5.74) is 2.30. The molecule has 2 heterocycles. The van der Waals surface area contributed by atoms with Crippen LogP contribution in [0, 0.1) is 0 Å². The van der Waals surface area contributed by atoms with E-state index in [1.165, 1.54) is 0 Å². The zero-order valence-corrected chi connectivity index (χ0v) is 17.9. The first-order chi connectivity index (χ1) is 15.5. The number of aryl methyl sites for hydroxylation is 1. The number of phenols is 1. The average molecular weight is 435 g/mol. The minimum Gasteiger partial charge on any atom is -0.508 e. The molecule has 0 radical (unpaired) electrons. The second-order valence-electron chi connectivity index (χ2n) is 7.44. The summed E-state index contributed by atoms with van der Waals surface area (Å²) in [5, 5.41) is 29.9. The van der Waals surface area contributed by atoms with Crippen molar-refractivity contribution in [2.24, 2.45) is 0 Å². The van der Waals surface area contributed by atoms with Crippen LogP contribution >= 0.6 is 0 Å². The van der Waals surface area contributed by atoms with Gasteiger partial charge in [-0.3, -0.25) is 4.79 Å². The van der Waals surface area contributed by atoms with Crippen LogP contribution in [0.4, 0.5) is 11.6 Å². The number of hydrogen-bond acceptors (Lipinski definition) is 7. The number of nitrogens with zero attached hydrogens (tertiary/aromatic N) is 3. The van der Waals surface area contributed by atoms with E-state index >= 15 is 0 Å². The number of benzene rings is 2. The van der Waals surface area contributed by atoms with Gasteiger partial charge in [0, 0.05) is 18.7 Å². The van der Waals surface area contributed by atoms with Crippen LogP contribution < -0.4 is 15.4 Å². The molecule has 1 aromatic heterocycles. The summed E-state index contributed by atoms with van der Waals surface area (Å²) in [7, 11) is 1.54. The molecular weight excluding hydrogens is 410 g/mol. The highest BCUT2D eigenvalue weighted by Gasteiger charge is 2.34. The maximum Gasteiger partial charge on any atom is 0.255 e. The molecule has 0 spiro atoms. The smallest absolute Gasteiger partial charge is 0.255 e. The van der Waals surface area contributed by atoms with Gasteiger partial charge < -0.3 is 25.6 Å². The minimum atomic E-state index is -0.608. The second kappa shape index (κ2) is 9.11. The van der Waals surface area contributed by atoms with E-state index in [1.807, 2.05) is 18.2 Å². The molecule has 32 heavy (non-hydrogen) atoms. The van der Waals surface area contributed by atoms with E-state index in [9.17, 15) is 9.90 Å². The van der Waals surface area contributed by atoms with Crippen LogP contribution in [0.3, 0.4) is 0 Å². The lowest BCUT2D eigenvalue weighted by molar-refractivity contribution is -0.113. The Morgan fingerprint density at radius 1 is 1.25 bits per heavy atom. The quantitative estimate of drug-likeness (QED) is 0.450. The number of phenolic OH excluding ortho intramolecular Hbond substituents is 1. The Bertz CT molecular complexity index is 1170. The predicted molar refractivity (Wildman–Crippen MR) is 120 cm³/mol. The number of amides is 1. The number of aliphatic hydroxyl groups is 1. The van der Waals surface area contributed by atoms with Gasteiger partial charge in [0.15, 0.2) is 5.82 Å². The zero-order valence-electron chi connectivity index (χ0n) is 17.9. The average Bonchev–Trinajstić information content (AvgIpc) is 3.19. The van der Waals surface area contributed by atoms with Gasteiger partial charge in [-0.25, -0.2) is 4.68 Å². The molecule has 1 aliphatic rings. The largest absolute Gasteiger partial charge is 0.508 e. The summed E-state index contributed by atoms with van der Waals surface area (Å²) in [6.07, 6.45) is 1.04. The Kier molecular flexibility index (Phi) is 6.09. The molecule has 1 atom stereocenters. The van der Waals surface area contributed by atoms with Gasteiger partial charge in [-0.1, -0.05) is 24.3 Å². The van der Waals surface area contributed by atoms with Crippen molar-refractivity contribution in [1.82, 2.24) is 14.8 Å². The Labute approximate surface area is 185 Å². The molecule has 1 aliphatic heterocycles. The van der Waals surface area contributed by atoms with E-state index < -0.39 is 6.04 Å². The number of para-hydroxylation sites is 2. The van der Waals surface area contributed by atoms with E-state index in [0.717, 1.165) is 0 Å². The molecule has 9 nitrogen and oxygen atoms in total. The van der Waals surface area contributed by atoms with Crippen molar-refractivity contribution >= 4 is 17.5 Å². The molecule has 2 aromatic carbocycles. The monoisotopic (exact) mass is 435 g/mol. The van der Waals surface area contributed by atoms with Gasteiger partial charge in [-0.15, -0.1) is 0 Å². The Morgan fingerprint density at radius 3 is 2.81 bits per heavy atom. The van der Waals surface area contributed by atoms with Crippen LogP contribution in [-0.2, 0) is 11.2 Å². The van der Waals surface area contributed by atoms with Gasteiger partial charge in [0.1, 0.15) is 17.5 Å². The summed E-state index contributed by atoms with van der Waals surface area (Å²) in [6.45, 7) is 1.84. The van der Waals surface area contributed by atoms with Crippen LogP contribution in [0.25, 0.3) is 0 Å². The number of ether oxygens (including phenoxy) is 1. The number of aromatic nitrogens is 3. The standard InChI is InChI=1S/C23H25N5O4/c1-14-20(22(31)25-17-9-3-4-10-18(17)32-2)21(15-7-5-8-16(30)13-15)28-23(24-14)26-19(27-28)11-6-12-29/h3-5,7-10,13,21,29-30H,6,11-12H2,1-2H3,(H,25,31)(H,24,26,27)/t21-/m0/s1. The molecule has 1 amide bonds. The number of allylic oxidation sites excluding steroid dienone is 1. The number of aliphatic hydroxyl groups excluding tert-OH is 1. The van der Waals surface area contributed by atoms with Crippen LogP contribution in [0.2, 0.25) is 0 Å². The third-order valence-corrected chi connectivity index (χ3v) is 5.24. The van der Waals surface area contributed by atoms with Gasteiger partial charge in [-0.05, 0) is 43.2 Å². The number of rotatable bonds is 7. The highest BCUT2D eigenvalue weighted by atomic mass is 16.5. The second-order valence-corrected chi connectivity index (χ2v) is 7.44. The molecule has 0 aliphatic carbocycles. The highest BCUT2D eigenvalue weighted by Crippen LogP contribution is 2.37. The van der Waals surface area contributed by atoms with Gasteiger partial charge in [-0.2, -0.15) is 10.1 Å². The van der Waals surface area contributed by atoms with Crippen molar-refractivity contribution in [2.75, 3.05) is 24.4 Å². The van der Waals surface area contributed by atoms with Crippen LogP contribution in [0.5, 0.6) is 11.5 Å². The first kappa shape index (κ1) is 21.4. The zero-order chi connectivity index (χ0) is 22.7. The van der Waals surface area contributed by atoms with Crippen LogP contribution in [-0.4, -0.2) is 44.6 Å². The molecule has 4 N–H and O–H groups in total. The van der Waals surface area contributed by atoms with E-state index in [1.54, 1.807) is 49.0 Å². The van der Waals surface area contributed by atoms with Crippen molar-refractivity contribution in [3.05, 3.63) is 71.2 Å². The molecular formula is C23H25N5O4. The summed E-state index contributed by atoms with van der Waals surface area (Å²) in [6, 6.07) is 13.3. The molecule has 166 valence electrons. The first-order valence-electron chi connectivity index (χ1n) is 10.3. The predicted octanol–water partition coefficient (Wildman–Crippen LogP) is 2.84. The van der Waals surface area contributed by atoms with E-state index in [0.29, 0.717) is 52.9 Å². The minimum absolute atomic E-state index is 0.0388. The maximum absolute atomic E-state index is 13.5. The molecule has 0 bridgehead atoms. The molecule has 4 rings (SSSR count). The summed E-state index contributed by atoms with van der Waals surface area (Å²) in [4.78, 5) is 18.0. The van der Waals surface area contributed by atoms with Crippen molar-refractivity contribution in [2.45, 2.75) is 25.8 Å². The van der Waals surface area contributed by atoms with Crippen molar-refractivity contribution in [1.29, 1.82) is 0 Å². The summed E-state index contributed by atoms with van der Waals surface area (Å²) < 4.78 is 7.00. The number of anilines is 2. The van der Waals surface area contributed by atoms with Crippen molar-refractivity contribution in [3.8, 4) is 11.5 Å². The summed E-state index contributed by atoms with van der Waals surface area (Å²) >= 11 is 0. The first-order valence-corrected chi connectivity index (χ1v) is 10.3. The number of fused-ring (bicyclic) bond motifs is 1. The van der Waals surface area contributed by atoms with Gasteiger partial charge in [0.05, 0.1) is 18.4 Å². The fourth-order valence-electron chi connectivity index (χ4n) is 3.77. The molecule has 0 unspecified atom stereocenters. The lowest BCUT2D eigenvalue weighted by Gasteiger charge is -2.29. The number of hydrogen-bond donors (Lipinski definition) is 4. The molecule has 0 saturated heterocycles. The number of carbonyl (C=O) groups excluding carboxylic acids is 1. The molecule has 0 fully saturated rings. The lowest BCUT2D eigenvalue weighted by Crippen LogP contribution is -2.31. The Hall–Kier alpha value is -3.85. The SMILES string of the molecule is COc1ccccc1NC(=O)C1=C(C)Nc2nc(CCCO)nn2[C@H]1c1cccc(O)c1. The van der Waals surface area contributed by atoms with Crippen molar-refractivity contribution < 1.29 is 19.7 Å². The number of carbonyl (C=O) groups is 1. The third-order valence-electron chi connectivity index (χ3n) is 5.24. The van der Waals surface area contributed by atoms with E-state index in [4.69, 9.17) is 9.84 Å². The van der Waals surface area contributed by atoms with E-state index in [-0.39, 0.29) is 18.3 Å². The number of nitrogens with one attached hydrogen (secondary N) is 2. The van der Waals surface area contributed by atoms with Gasteiger partial charge in [0.2, 0.25) is 5.95 Å². The fraction of sp³-hybridized carbons (Fsp3) is 0.261. The number of methoxy groups -OCH3 is 1. The topological polar surface area (TPSA) is 122 Å². The fourth-order valence-corrected chi connectivity index (χ4v) is 3.77. The highest BCUT2D eigenvalue weighted by molar-refractivity contribution is 6.06. The third kappa shape index (κ3) is 4.15. The van der Waals surface area contributed by atoms with Crippen LogP contribution in [0.15, 0.2) is 59.8 Å². The molecule has 0 saturated carbocycles. The number of aromatic hydroxyl groups is 1.